The summed E-state index contributed by atoms with van der Waals surface area (Å²) in [6, 6.07) is 18.4. The quantitative estimate of drug-likeness (QED) is 0.248. The third-order valence-corrected chi connectivity index (χ3v) is 7.86. The van der Waals surface area contributed by atoms with Gasteiger partial charge in [-0.2, -0.15) is 13.2 Å². The molecule has 1 N–H and O–H groups in total. The Morgan fingerprint density at radius 1 is 0.952 bits per heavy atom. The number of hydrogen-bond donors (Lipinski definition) is 1. The Bertz CT molecular complexity index is 1470. The van der Waals surface area contributed by atoms with Gasteiger partial charge in [0.25, 0.3) is 0 Å². The number of alkyl halides is 3. The predicted octanol–water partition coefficient (Wildman–Crippen LogP) is 5.68. The van der Waals surface area contributed by atoms with Gasteiger partial charge in [0.1, 0.15) is 12.6 Å². The van der Waals surface area contributed by atoms with Crippen molar-refractivity contribution in [1.29, 1.82) is 0 Å². The molecule has 0 radical (unpaired) electrons. The largest absolute Gasteiger partial charge is 0.416 e. The summed E-state index contributed by atoms with van der Waals surface area (Å²) in [5.74, 6) is -1.21. The van der Waals surface area contributed by atoms with Crippen LogP contribution in [0.2, 0.25) is 5.02 Å². The zero-order chi connectivity index (χ0) is 30.9. The molecule has 0 spiro atoms. The Kier molecular flexibility index (Phi) is 11.4. The number of halogens is 4. The number of nitrogens with one attached hydrogen (secondary N) is 1. The molecule has 0 aliphatic heterocycles. The van der Waals surface area contributed by atoms with Gasteiger partial charge >= 0.3 is 6.18 Å². The van der Waals surface area contributed by atoms with Crippen molar-refractivity contribution in [3.63, 3.8) is 0 Å². The number of nitrogens with zero attached hydrogens (tertiary/aromatic N) is 2. The Balaban J connectivity index is 2.06. The second-order valence-corrected chi connectivity index (χ2v) is 12.2. The molecule has 42 heavy (non-hydrogen) atoms. The van der Waals surface area contributed by atoms with Crippen molar-refractivity contribution in [2.45, 2.75) is 44.9 Å². The highest BCUT2D eigenvalue weighted by Crippen LogP contribution is 2.32. The van der Waals surface area contributed by atoms with Gasteiger partial charge in [-0.05, 0) is 47.9 Å². The number of unbranched alkanes of at least 4 members (excludes halogenated alkanes) is 1. The standard InChI is InChI=1S/C30H33ClF3N3O4S/c1-3-4-16-35-29(39)27(18-22-10-6-5-7-11-22)36(20-23-12-8-14-25(31)17-23)28(38)21-37(42(2,40)41)26-15-9-13-24(19-26)30(32,33)34/h5-15,17,19,27H,3-4,16,18,20-21H2,1-2H3,(H,35,39). The molecule has 0 saturated heterocycles. The lowest BCUT2D eigenvalue weighted by Crippen LogP contribution is -2.53. The first-order chi connectivity index (χ1) is 19.8. The molecule has 226 valence electrons. The lowest BCUT2D eigenvalue weighted by molar-refractivity contribution is -0.140. The molecule has 3 aromatic rings. The second-order valence-electron chi connectivity index (χ2n) is 9.82. The molecule has 0 aromatic heterocycles. The average molecular weight is 624 g/mol. The van der Waals surface area contributed by atoms with Crippen molar-refractivity contribution >= 4 is 39.1 Å². The first-order valence-electron chi connectivity index (χ1n) is 13.3. The fourth-order valence-electron chi connectivity index (χ4n) is 4.34. The van der Waals surface area contributed by atoms with E-state index < -0.39 is 46.2 Å². The molecule has 0 heterocycles. The Morgan fingerprint density at radius 3 is 2.24 bits per heavy atom. The molecule has 0 aliphatic rings. The second kappa shape index (κ2) is 14.6. The lowest BCUT2D eigenvalue weighted by atomic mass is 10.0. The zero-order valence-corrected chi connectivity index (χ0v) is 24.8. The van der Waals surface area contributed by atoms with Crippen molar-refractivity contribution in [3.05, 3.63) is 101 Å². The molecule has 2 amide bonds. The minimum atomic E-state index is -4.72. The molecule has 0 aliphatic carbocycles. The maximum absolute atomic E-state index is 14.0. The minimum Gasteiger partial charge on any atom is -0.354 e. The SMILES string of the molecule is CCCCNC(=O)C(Cc1ccccc1)N(Cc1cccc(Cl)c1)C(=O)CN(c1cccc(C(F)(F)F)c1)S(C)(=O)=O. The predicted molar refractivity (Wildman–Crippen MR) is 157 cm³/mol. The Morgan fingerprint density at radius 2 is 1.62 bits per heavy atom. The Labute approximate surface area is 249 Å². The molecule has 0 saturated carbocycles. The van der Waals surface area contributed by atoms with Gasteiger partial charge in [0.15, 0.2) is 0 Å². The van der Waals surface area contributed by atoms with Crippen LogP contribution in [-0.4, -0.2) is 50.5 Å². The molecule has 0 bridgehead atoms. The number of amides is 2. The van der Waals surface area contributed by atoms with Crippen LogP contribution in [0, 0.1) is 0 Å². The van der Waals surface area contributed by atoms with Crippen LogP contribution in [0.5, 0.6) is 0 Å². The highest BCUT2D eigenvalue weighted by atomic mass is 35.5. The number of anilines is 1. The van der Waals surface area contributed by atoms with Crippen molar-refractivity contribution in [2.24, 2.45) is 0 Å². The van der Waals surface area contributed by atoms with Crippen LogP contribution in [0.15, 0.2) is 78.9 Å². The summed E-state index contributed by atoms with van der Waals surface area (Å²) in [6.45, 7) is 1.42. The molecule has 3 aromatic carbocycles. The minimum absolute atomic E-state index is 0.0989. The van der Waals surface area contributed by atoms with Crippen molar-refractivity contribution in [3.8, 4) is 0 Å². The number of benzene rings is 3. The zero-order valence-electron chi connectivity index (χ0n) is 23.3. The van der Waals surface area contributed by atoms with E-state index >= 15 is 0 Å². The first-order valence-corrected chi connectivity index (χ1v) is 15.5. The van der Waals surface area contributed by atoms with Gasteiger partial charge in [-0.1, -0.05) is 73.5 Å². The molecule has 3 rings (SSSR count). The fourth-order valence-corrected chi connectivity index (χ4v) is 5.40. The van der Waals surface area contributed by atoms with Crippen LogP contribution < -0.4 is 9.62 Å². The van der Waals surface area contributed by atoms with Gasteiger partial charge in [-0.3, -0.25) is 13.9 Å². The summed E-state index contributed by atoms with van der Waals surface area (Å²) in [7, 11) is -4.21. The van der Waals surface area contributed by atoms with Crippen LogP contribution in [0.25, 0.3) is 0 Å². The van der Waals surface area contributed by atoms with Crippen molar-refractivity contribution < 1.29 is 31.2 Å². The lowest BCUT2D eigenvalue weighted by Gasteiger charge is -2.33. The normalized spacial score (nSPS) is 12.4. The molecule has 1 unspecified atom stereocenters. The topological polar surface area (TPSA) is 86.8 Å². The molecular formula is C30H33ClF3N3O4S. The van der Waals surface area contributed by atoms with E-state index in [1.807, 2.05) is 13.0 Å². The van der Waals surface area contributed by atoms with Crippen molar-refractivity contribution in [2.75, 3.05) is 23.7 Å². The van der Waals surface area contributed by atoms with Gasteiger partial charge in [-0.25, -0.2) is 8.42 Å². The van der Waals surface area contributed by atoms with E-state index in [1.54, 1.807) is 48.5 Å². The number of carbonyl (C=O) groups excluding carboxylic acids is 2. The highest BCUT2D eigenvalue weighted by Gasteiger charge is 2.35. The van der Waals surface area contributed by atoms with Crippen LogP contribution >= 0.6 is 11.6 Å². The van der Waals surface area contributed by atoms with E-state index in [1.165, 1.54) is 11.0 Å². The number of sulfonamides is 1. The van der Waals surface area contributed by atoms with E-state index in [0.717, 1.165) is 30.4 Å². The third kappa shape index (κ3) is 9.49. The summed E-state index contributed by atoms with van der Waals surface area (Å²) < 4.78 is 66.5. The molecule has 7 nitrogen and oxygen atoms in total. The monoisotopic (exact) mass is 623 g/mol. The molecule has 12 heteroatoms. The van der Waals surface area contributed by atoms with Crippen LogP contribution in [0.3, 0.4) is 0 Å². The van der Waals surface area contributed by atoms with Gasteiger partial charge in [0, 0.05) is 24.5 Å². The van der Waals surface area contributed by atoms with E-state index in [-0.39, 0.29) is 18.7 Å². The van der Waals surface area contributed by atoms with Crippen LogP contribution in [0.1, 0.15) is 36.5 Å². The number of hydrogen-bond acceptors (Lipinski definition) is 4. The number of rotatable bonds is 13. The smallest absolute Gasteiger partial charge is 0.354 e. The third-order valence-electron chi connectivity index (χ3n) is 6.48. The van der Waals surface area contributed by atoms with Gasteiger partial charge in [0.05, 0.1) is 17.5 Å². The summed E-state index contributed by atoms with van der Waals surface area (Å²) >= 11 is 6.18. The van der Waals surface area contributed by atoms with Gasteiger partial charge in [0.2, 0.25) is 21.8 Å². The average Bonchev–Trinajstić information content (AvgIpc) is 2.93. The van der Waals surface area contributed by atoms with Crippen molar-refractivity contribution in [1.82, 2.24) is 10.2 Å². The maximum atomic E-state index is 14.0. The fraction of sp³-hybridized carbons (Fsp3) is 0.333. The Hall–Kier alpha value is -3.57. The number of carbonyl (C=O) groups is 2. The first kappa shape index (κ1) is 32.9. The van der Waals surface area contributed by atoms with Crippen LogP contribution in [0.4, 0.5) is 18.9 Å². The summed E-state index contributed by atoms with van der Waals surface area (Å²) in [6.07, 6.45) is -2.26. The molecule has 0 fully saturated rings. The summed E-state index contributed by atoms with van der Waals surface area (Å²) in [4.78, 5) is 28.8. The van der Waals surface area contributed by atoms with Gasteiger partial charge in [-0.15, -0.1) is 0 Å². The van der Waals surface area contributed by atoms with E-state index in [2.05, 4.69) is 5.32 Å². The highest BCUT2D eigenvalue weighted by molar-refractivity contribution is 7.92. The van der Waals surface area contributed by atoms with Gasteiger partial charge < -0.3 is 10.2 Å². The molecular weight excluding hydrogens is 591 g/mol. The van der Waals surface area contributed by atoms with E-state index in [0.29, 0.717) is 33.9 Å². The summed E-state index contributed by atoms with van der Waals surface area (Å²) in [5.41, 5.74) is -0.0420. The van der Waals surface area contributed by atoms with Crippen LogP contribution in [-0.2, 0) is 38.8 Å². The molecule has 1 atom stereocenters. The van der Waals surface area contributed by atoms with E-state index in [4.69, 9.17) is 11.6 Å². The summed E-state index contributed by atoms with van der Waals surface area (Å²) in [5, 5.41) is 3.26. The maximum Gasteiger partial charge on any atom is 0.416 e. The van der Waals surface area contributed by atoms with E-state index in [9.17, 15) is 31.2 Å².